The fourth-order valence-electron chi connectivity index (χ4n) is 3.37. The van der Waals surface area contributed by atoms with Gasteiger partial charge in [0.25, 0.3) is 5.91 Å². The topological polar surface area (TPSA) is 82.6 Å². The second-order valence-electron chi connectivity index (χ2n) is 7.56. The number of benzene rings is 3. The first kappa shape index (κ1) is 20.5. The van der Waals surface area contributed by atoms with Crippen LogP contribution in [-0.2, 0) is 0 Å². The number of anilines is 1. The average Bonchev–Trinajstić information content (AvgIpc) is 2.85. The number of fused-ring (bicyclic) bond motifs is 1. The van der Waals surface area contributed by atoms with Gasteiger partial charge in [0.1, 0.15) is 19.0 Å². The summed E-state index contributed by atoms with van der Waals surface area (Å²) in [6, 6.07) is 20.5. The molecule has 1 aromatic heterocycles. The number of carbonyl (C=O) groups excluding carboxylic acids is 1. The lowest BCUT2D eigenvalue weighted by Gasteiger charge is -2.19. The average molecular weight is 439 g/mol. The molecule has 2 heterocycles. The fourth-order valence-corrected chi connectivity index (χ4v) is 3.37. The van der Waals surface area contributed by atoms with Crippen molar-refractivity contribution >= 4 is 11.6 Å². The SMILES string of the molecule is Cc1ccc(-c2cnc(Oc3ccc(C(=O)Nc4ccc5c(c4)OCCO5)cc3)nc2)cc1. The minimum atomic E-state index is -0.239. The van der Waals surface area contributed by atoms with E-state index < -0.39 is 0 Å². The number of nitrogens with zero attached hydrogens (tertiary/aromatic N) is 2. The van der Waals surface area contributed by atoms with Crippen LogP contribution in [-0.4, -0.2) is 29.1 Å². The molecule has 0 atom stereocenters. The van der Waals surface area contributed by atoms with Crippen LogP contribution < -0.4 is 19.5 Å². The van der Waals surface area contributed by atoms with Crippen LogP contribution >= 0.6 is 0 Å². The molecule has 1 aliphatic heterocycles. The Morgan fingerprint density at radius 3 is 2.27 bits per heavy atom. The van der Waals surface area contributed by atoms with Crippen molar-refractivity contribution in [3.05, 3.63) is 90.3 Å². The maximum absolute atomic E-state index is 12.6. The highest BCUT2D eigenvalue weighted by molar-refractivity contribution is 6.04. The summed E-state index contributed by atoms with van der Waals surface area (Å²) in [5.41, 5.74) is 4.27. The van der Waals surface area contributed by atoms with Crippen LogP contribution in [0.1, 0.15) is 15.9 Å². The number of hydrogen-bond acceptors (Lipinski definition) is 6. The van der Waals surface area contributed by atoms with E-state index in [1.165, 1.54) is 5.56 Å². The standard InChI is InChI=1S/C26H21N3O4/c1-17-2-4-18(5-3-17)20-15-27-26(28-16-20)33-22-9-6-19(7-10-22)25(30)29-21-8-11-23-24(14-21)32-13-12-31-23/h2-11,14-16H,12-13H2,1H3,(H,29,30). The van der Waals surface area contributed by atoms with Gasteiger partial charge in [-0.25, -0.2) is 9.97 Å². The van der Waals surface area contributed by atoms with Crippen molar-refractivity contribution in [2.24, 2.45) is 0 Å². The molecule has 7 heteroatoms. The van der Waals surface area contributed by atoms with Gasteiger partial charge in [0.2, 0.25) is 0 Å². The van der Waals surface area contributed by atoms with Crippen LogP contribution in [0.5, 0.6) is 23.3 Å². The molecule has 0 fully saturated rings. The molecule has 5 rings (SSSR count). The van der Waals surface area contributed by atoms with Crippen molar-refractivity contribution in [2.75, 3.05) is 18.5 Å². The van der Waals surface area contributed by atoms with Crippen LogP contribution in [0.2, 0.25) is 0 Å². The number of carbonyl (C=O) groups is 1. The minimum Gasteiger partial charge on any atom is -0.486 e. The van der Waals surface area contributed by atoms with Gasteiger partial charge in [0.15, 0.2) is 11.5 Å². The molecule has 0 saturated carbocycles. The Morgan fingerprint density at radius 2 is 1.55 bits per heavy atom. The van der Waals surface area contributed by atoms with Gasteiger partial charge in [-0.15, -0.1) is 0 Å². The molecule has 164 valence electrons. The van der Waals surface area contributed by atoms with Gasteiger partial charge in [0.05, 0.1) is 0 Å². The predicted octanol–water partition coefficient (Wildman–Crippen LogP) is 5.27. The lowest BCUT2D eigenvalue weighted by atomic mass is 10.1. The highest BCUT2D eigenvalue weighted by Gasteiger charge is 2.14. The first-order valence-corrected chi connectivity index (χ1v) is 10.5. The zero-order valence-corrected chi connectivity index (χ0v) is 17.9. The van der Waals surface area contributed by atoms with Crippen molar-refractivity contribution in [2.45, 2.75) is 6.92 Å². The molecule has 1 aliphatic rings. The predicted molar refractivity (Wildman–Crippen MR) is 124 cm³/mol. The highest BCUT2D eigenvalue weighted by Crippen LogP contribution is 2.32. The Bertz CT molecular complexity index is 1270. The molecule has 4 aromatic rings. The van der Waals surface area contributed by atoms with E-state index in [0.29, 0.717) is 41.7 Å². The molecule has 3 aromatic carbocycles. The number of aryl methyl sites for hydroxylation is 1. The first-order valence-electron chi connectivity index (χ1n) is 10.5. The zero-order valence-electron chi connectivity index (χ0n) is 17.9. The van der Waals surface area contributed by atoms with Gasteiger partial charge < -0.3 is 19.5 Å². The smallest absolute Gasteiger partial charge is 0.321 e. The van der Waals surface area contributed by atoms with Crippen molar-refractivity contribution in [3.63, 3.8) is 0 Å². The molecule has 0 bridgehead atoms. The number of amides is 1. The van der Waals surface area contributed by atoms with Crippen molar-refractivity contribution in [3.8, 4) is 34.4 Å². The molecule has 0 aliphatic carbocycles. The molecular formula is C26H21N3O4. The Hall–Kier alpha value is -4.39. The van der Waals surface area contributed by atoms with Gasteiger partial charge in [0, 0.05) is 35.3 Å². The third-order valence-electron chi connectivity index (χ3n) is 5.14. The summed E-state index contributed by atoms with van der Waals surface area (Å²) < 4.78 is 16.8. The molecule has 0 saturated heterocycles. The first-order chi connectivity index (χ1) is 16.1. The monoisotopic (exact) mass is 439 g/mol. The lowest BCUT2D eigenvalue weighted by molar-refractivity contribution is 0.102. The maximum Gasteiger partial charge on any atom is 0.321 e. The second-order valence-corrected chi connectivity index (χ2v) is 7.56. The third-order valence-corrected chi connectivity index (χ3v) is 5.14. The number of ether oxygens (including phenoxy) is 3. The largest absolute Gasteiger partial charge is 0.486 e. The normalized spacial score (nSPS) is 12.2. The van der Waals surface area contributed by atoms with Crippen LogP contribution in [0.25, 0.3) is 11.1 Å². The van der Waals surface area contributed by atoms with Crippen LogP contribution in [0.3, 0.4) is 0 Å². The molecule has 0 unspecified atom stereocenters. The van der Waals surface area contributed by atoms with Crippen LogP contribution in [0.4, 0.5) is 5.69 Å². The molecule has 1 amide bonds. The van der Waals surface area contributed by atoms with Crippen molar-refractivity contribution in [1.82, 2.24) is 9.97 Å². The number of rotatable bonds is 5. The Balaban J connectivity index is 1.22. The maximum atomic E-state index is 12.6. The number of aromatic nitrogens is 2. The fraction of sp³-hybridized carbons (Fsp3) is 0.115. The van der Waals surface area contributed by atoms with Crippen molar-refractivity contribution in [1.29, 1.82) is 0 Å². The number of nitrogens with one attached hydrogen (secondary N) is 1. The molecule has 33 heavy (non-hydrogen) atoms. The summed E-state index contributed by atoms with van der Waals surface area (Å²) in [6.07, 6.45) is 3.45. The molecular weight excluding hydrogens is 418 g/mol. The molecule has 0 radical (unpaired) electrons. The van der Waals surface area contributed by atoms with E-state index in [0.717, 1.165) is 11.1 Å². The summed E-state index contributed by atoms with van der Waals surface area (Å²) in [7, 11) is 0. The second kappa shape index (κ2) is 9.00. The summed E-state index contributed by atoms with van der Waals surface area (Å²) in [6.45, 7) is 3.06. The minimum absolute atomic E-state index is 0.236. The zero-order chi connectivity index (χ0) is 22.6. The van der Waals surface area contributed by atoms with Crippen LogP contribution in [0, 0.1) is 6.92 Å². The van der Waals surface area contributed by atoms with Gasteiger partial charge in [-0.1, -0.05) is 29.8 Å². The lowest BCUT2D eigenvalue weighted by Crippen LogP contribution is -2.16. The highest BCUT2D eigenvalue weighted by atomic mass is 16.6. The Kier molecular flexibility index (Phi) is 5.59. The molecule has 0 spiro atoms. The van der Waals surface area contributed by atoms with E-state index >= 15 is 0 Å². The van der Waals surface area contributed by atoms with E-state index in [2.05, 4.69) is 15.3 Å². The van der Waals surface area contributed by atoms with E-state index in [1.54, 1.807) is 54.9 Å². The van der Waals surface area contributed by atoms with Gasteiger partial charge in [-0.05, 0) is 48.9 Å². The summed E-state index contributed by atoms with van der Waals surface area (Å²) in [5.74, 6) is 1.59. The Morgan fingerprint density at radius 1 is 0.848 bits per heavy atom. The van der Waals surface area contributed by atoms with Gasteiger partial charge >= 0.3 is 6.01 Å². The van der Waals surface area contributed by atoms with Crippen molar-refractivity contribution < 1.29 is 19.0 Å². The Labute approximate surface area is 191 Å². The van der Waals surface area contributed by atoms with Crippen LogP contribution in [0.15, 0.2) is 79.1 Å². The third kappa shape index (κ3) is 4.77. The van der Waals surface area contributed by atoms with E-state index in [1.807, 2.05) is 31.2 Å². The van der Waals surface area contributed by atoms with E-state index in [4.69, 9.17) is 14.2 Å². The van der Waals surface area contributed by atoms with Gasteiger partial charge in [-0.3, -0.25) is 4.79 Å². The van der Waals surface area contributed by atoms with E-state index in [-0.39, 0.29) is 11.9 Å². The summed E-state index contributed by atoms with van der Waals surface area (Å²) >= 11 is 0. The molecule has 7 nitrogen and oxygen atoms in total. The summed E-state index contributed by atoms with van der Waals surface area (Å²) in [4.78, 5) is 21.2. The van der Waals surface area contributed by atoms with E-state index in [9.17, 15) is 4.79 Å². The quantitative estimate of drug-likeness (QED) is 0.456. The summed E-state index contributed by atoms with van der Waals surface area (Å²) in [5, 5.41) is 2.86. The number of hydrogen-bond donors (Lipinski definition) is 1. The van der Waals surface area contributed by atoms with Gasteiger partial charge in [-0.2, -0.15) is 0 Å². The molecule has 1 N–H and O–H groups in total.